The first-order valence-electron chi connectivity index (χ1n) is 11.1. The number of carbonyl (C=O) groups excluding carboxylic acids is 3. The number of amides is 3. The summed E-state index contributed by atoms with van der Waals surface area (Å²) in [5.74, 6) is -1.01. The molecule has 4 N–H and O–H groups in total. The first kappa shape index (κ1) is 24.6. The van der Waals surface area contributed by atoms with Gasteiger partial charge in [-0.3, -0.25) is 23.9 Å². The zero-order chi connectivity index (χ0) is 25.7. The quantitative estimate of drug-likeness (QED) is 0.238. The van der Waals surface area contributed by atoms with E-state index in [1.165, 1.54) is 16.7 Å². The van der Waals surface area contributed by atoms with Gasteiger partial charge in [0.1, 0.15) is 12.1 Å². The molecule has 1 aromatic carbocycles. The number of aromatic nitrogens is 4. The molecule has 0 saturated heterocycles. The van der Waals surface area contributed by atoms with Crippen LogP contribution in [-0.4, -0.2) is 69.0 Å². The van der Waals surface area contributed by atoms with Crippen LogP contribution in [0.2, 0.25) is 0 Å². The number of rotatable bonds is 11. The first-order chi connectivity index (χ1) is 17.4. The number of aromatic amines is 1. The summed E-state index contributed by atoms with van der Waals surface area (Å²) in [7, 11) is 1.55. The summed E-state index contributed by atoms with van der Waals surface area (Å²) in [6, 6.07) is 7.37. The third-order valence-electron chi connectivity index (χ3n) is 5.47. The normalized spacial score (nSPS) is 13.1. The standard InChI is InChI=1S/C23H25N7O6/c1-35-10-11-36-22-27-20(24)19-21(28-22)30(23(34)26-19)13-15-4-2-14(3-5-15)12-25-16(31)8-9-29-17(32)6-7-18(29)33/h2-7H,8-13H2,1H3,(H,25,31)(H,26,34)(H2,24,27,28). The second kappa shape index (κ2) is 10.8. The summed E-state index contributed by atoms with van der Waals surface area (Å²) in [6.07, 6.45) is 2.39. The van der Waals surface area contributed by atoms with Gasteiger partial charge in [0.05, 0.1) is 13.2 Å². The van der Waals surface area contributed by atoms with Crippen LogP contribution in [0.25, 0.3) is 11.2 Å². The Morgan fingerprint density at radius 2 is 1.75 bits per heavy atom. The summed E-state index contributed by atoms with van der Waals surface area (Å²) in [5, 5.41) is 2.76. The fraction of sp³-hybridized carbons (Fsp3) is 0.304. The van der Waals surface area contributed by atoms with Crippen molar-refractivity contribution in [3.05, 3.63) is 58.0 Å². The molecule has 188 valence electrons. The molecule has 4 rings (SSSR count). The number of methoxy groups -OCH3 is 1. The zero-order valence-corrected chi connectivity index (χ0v) is 19.5. The van der Waals surface area contributed by atoms with Crippen molar-refractivity contribution in [2.45, 2.75) is 19.5 Å². The molecule has 0 spiro atoms. The average molecular weight is 495 g/mol. The van der Waals surface area contributed by atoms with Crippen LogP contribution in [0.4, 0.5) is 5.82 Å². The number of H-pyrrole nitrogens is 1. The van der Waals surface area contributed by atoms with Gasteiger partial charge in [0.25, 0.3) is 11.8 Å². The summed E-state index contributed by atoms with van der Waals surface area (Å²) < 4.78 is 11.8. The van der Waals surface area contributed by atoms with Crippen molar-refractivity contribution in [2.75, 3.05) is 32.6 Å². The lowest BCUT2D eigenvalue weighted by molar-refractivity contribution is -0.137. The number of fused-ring (bicyclic) bond motifs is 1. The molecule has 3 amide bonds. The minimum absolute atomic E-state index is 0.0167. The Labute approximate surface area is 204 Å². The van der Waals surface area contributed by atoms with E-state index in [4.69, 9.17) is 15.2 Å². The third-order valence-corrected chi connectivity index (χ3v) is 5.47. The van der Waals surface area contributed by atoms with Crippen LogP contribution in [0.5, 0.6) is 6.01 Å². The monoisotopic (exact) mass is 495 g/mol. The molecule has 0 fully saturated rings. The Bertz CT molecular complexity index is 1360. The van der Waals surface area contributed by atoms with Gasteiger partial charge in [0.15, 0.2) is 11.5 Å². The van der Waals surface area contributed by atoms with E-state index in [1.807, 2.05) is 24.3 Å². The maximum Gasteiger partial charge on any atom is 0.328 e. The van der Waals surface area contributed by atoms with Crippen LogP contribution in [0.15, 0.2) is 41.2 Å². The molecule has 0 saturated carbocycles. The van der Waals surface area contributed by atoms with Gasteiger partial charge in [0, 0.05) is 38.8 Å². The number of hydrogen-bond acceptors (Lipinski definition) is 9. The molecule has 1 aliphatic heterocycles. The summed E-state index contributed by atoms with van der Waals surface area (Å²) >= 11 is 0. The fourth-order valence-corrected chi connectivity index (χ4v) is 3.56. The predicted octanol–water partition coefficient (Wildman–Crippen LogP) is -0.293. The van der Waals surface area contributed by atoms with E-state index in [1.54, 1.807) is 7.11 Å². The zero-order valence-electron chi connectivity index (χ0n) is 19.5. The SMILES string of the molecule is COCCOc1nc(N)c2[nH]c(=O)n(Cc3ccc(CNC(=O)CCN4C(=O)C=CC4=O)cc3)c2n1. The van der Waals surface area contributed by atoms with Gasteiger partial charge in [-0.2, -0.15) is 9.97 Å². The summed E-state index contributed by atoms with van der Waals surface area (Å²) in [5.41, 5.74) is 7.89. The summed E-state index contributed by atoms with van der Waals surface area (Å²) in [6.45, 7) is 1.12. The van der Waals surface area contributed by atoms with E-state index in [0.717, 1.165) is 16.0 Å². The van der Waals surface area contributed by atoms with Gasteiger partial charge in [0.2, 0.25) is 5.91 Å². The number of nitrogens with zero attached hydrogens (tertiary/aromatic N) is 4. The molecule has 0 aliphatic carbocycles. The molecule has 0 radical (unpaired) electrons. The Morgan fingerprint density at radius 1 is 1.06 bits per heavy atom. The average Bonchev–Trinajstić information content (AvgIpc) is 3.35. The van der Waals surface area contributed by atoms with Crippen LogP contribution in [0.1, 0.15) is 17.5 Å². The van der Waals surface area contributed by atoms with Gasteiger partial charge >= 0.3 is 11.7 Å². The molecule has 0 atom stereocenters. The maximum absolute atomic E-state index is 12.5. The van der Waals surface area contributed by atoms with Crippen LogP contribution >= 0.6 is 0 Å². The number of anilines is 1. The number of benzene rings is 1. The van der Waals surface area contributed by atoms with Crippen molar-refractivity contribution >= 4 is 34.7 Å². The van der Waals surface area contributed by atoms with E-state index in [0.29, 0.717) is 17.8 Å². The number of carbonyl (C=O) groups is 3. The van der Waals surface area contributed by atoms with Crippen LogP contribution in [0.3, 0.4) is 0 Å². The highest BCUT2D eigenvalue weighted by Crippen LogP contribution is 2.18. The lowest BCUT2D eigenvalue weighted by Crippen LogP contribution is -2.34. The van der Waals surface area contributed by atoms with Crippen molar-refractivity contribution in [1.82, 2.24) is 29.7 Å². The molecule has 3 heterocycles. The van der Waals surface area contributed by atoms with Crippen LogP contribution < -0.4 is 21.5 Å². The van der Waals surface area contributed by atoms with Gasteiger partial charge in [-0.1, -0.05) is 24.3 Å². The molecule has 13 nitrogen and oxygen atoms in total. The van der Waals surface area contributed by atoms with Crippen molar-refractivity contribution in [1.29, 1.82) is 0 Å². The smallest absolute Gasteiger partial charge is 0.328 e. The molecular formula is C23H25N7O6. The third kappa shape index (κ3) is 5.58. The van der Waals surface area contributed by atoms with Crippen molar-refractivity contribution in [3.8, 4) is 6.01 Å². The van der Waals surface area contributed by atoms with E-state index < -0.39 is 11.8 Å². The summed E-state index contributed by atoms with van der Waals surface area (Å²) in [4.78, 5) is 59.8. The first-order valence-corrected chi connectivity index (χ1v) is 11.1. The second-order valence-electron chi connectivity index (χ2n) is 7.95. The Hall–Kier alpha value is -4.52. The Balaban J connectivity index is 1.36. The number of ether oxygens (including phenoxy) is 2. The van der Waals surface area contributed by atoms with E-state index in [9.17, 15) is 19.2 Å². The predicted molar refractivity (Wildman–Crippen MR) is 128 cm³/mol. The van der Waals surface area contributed by atoms with Gasteiger partial charge in [-0.15, -0.1) is 0 Å². The molecule has 3 aromatic rings. The Kier molecular flexibility index (Phi) is 7.39. The maximum atomic E-state index is 12.5. The van der Waals surface area contributed by atoms with Crippen LogP contribution in [-0.2, 0) is 32.2 Å². The molecule has 1 aliphatic rings. The number of nitrogen functional groups attached to an aromatic ring is 1. The van der Waals surface area contributed by atoms with Crippen molar-refractivity contribution in [3.63, 3.8) is 0 Å². The highest BCUT2D eigenvalue weighted by Gasteiger charge is 2.23. The fourth-order valence-electron chi connectivity index (χ4n) is 3.56. The molecule has 2 aromatic heterocycles. The van der Waals surface area contributed by atoms with Crippen molar-refractivity contribution in [2.24, 2.45) is 0 Å². The number of imide groups is 1. The van der Waals surface area contributed by atoms with Crippen molar-refractivity contribution < 1.29 is 23.9 Å². The van der Waals surface area contributed by atoms with Gasteiger partial charge in [-0.05, 0) is 11.1 Å². The van der Waals surface area contributed by atoms with E-state index >= 15 is 0 Å². The molecule has 36 heavy (non-hydrogen) atoms. The minimum Gasteiger partial charge on any atom is -0.461 e. The molecule has 0 unspecified atom stereocenters. The van der Waals surface area contributed by atoms with E-state index in [-0.39, 0.29) is 56.1 Å². The number of hydrogen-bond donors (Lipinski definition) is 3. The number of nitrogens with one attached hydrogen (secondary N) is 2. The molecule has 0 bridgehead atoms. The molecular weight excluding hydrogens is 470 g/mol. The highest BCUT2D eigenvalue weighted by atomic mass is 16.5. The lowest BCUT2D eigenvalue weighted by Gasteiger charge is -2.13. The lowest BCUT2D eigenvalue weighted by atomic mass is 10.1. The minimum atomic E-state index is -0.415. The number of imidazole rings is 1. The number of nitrogens with two attached hydrogens (primary N) is 1. The van der Waals surface area contributed by atoms with Gasteiger partial charge in [-0.25, -0.2) is 4.79 Å². The molecule has 13 heteroatoms. The van der Waals surface area contributed by atoms with Crippen LogP contribution in [0, 0.1) is 0 Å². The largest absolute Gasteiger partial charge is 0.461 e. The topological polar surface area (TPSA) is 175 Å². The highest BCUT2D eigenvalue weighted by molar-refractivity contribution is 6.13. The second-order valence-corrected chi connectivity index (χ2v) is 7.95. The Morgan fingerprint density at radius 3 is 2.44 bits per heavy atom. The van der Waals surface area contributed by atoms with E-state index in [2.05, 4.69) is 20.3 Å². The van der Waals surface area contributed by atoms with Gasteiger partial charge < -0.3 is 25.5 Å².